The third-order valence-corrected chi connectivity index (χ3v) is 5.38. The second kappa shape index (κ2) is 9.67. The first-order valence-corrected chi connectivity index (χ1v) is 9.82. The number of piperidine rings is 1. The van der Waals surface area contributed by atoms with Gasteiger partial charge in [0.2, 0.25) is 0 Å². The van der Waals surface area contributed by atoms with Crippen LogP contribution in [0, 0.1) is 6.92 Å². The van der Waals surface area contributed by atoms with Gasteiger partial charge in [0.15, 0.2) is 0 Å². The maximum Gasteiger partial charge on any atom is 0.254 e. The van der Waals surface area contributed by atoms with E-state index in [0.29, 0.717) is 25.6 Å². The number of methoxy groups -OCH3 is 1. The summed E-state index contributed by atoms with van der Waals surface area (Å²) in [5.41, 5.74) is 4.41. The molecule has 1 saturated heterocycles. The minimum atomic E-state index is 0.0703. The highest BCUT2D eigenvalue weighted by Gasteiger charge is 2.20. The Kier molecular flexibility index (Phi) is 7.02. The normalized spacial score (nSPS) is 16.9. The Hall–Kier alpha value is -2.17. The van der Waals surface area contributed by atoms with Crippen molar-refractivity contribution in [2.24, 2.45) is 0 Å². The van der Waals surface area contributed by atoms with E-state index in [1.54, 1.807) is 7.11 Å². The van der Waals surface area contributed by atoms with Crippen LogP contribution in [0.25, 0.3) is 0 Å². The molecule has 0 unspecified atom stereocenters. The summed E-state index contributed by atoms with van der Waals surface area (Å²) in [5.74, 6) is 0.566. The van der Waals surface area contributed by atoms with Crippen LogP contribution in [0.5, 0.6) is 0 Å². The van der Waals surface area contributed by atoms with E-state index in [0.717, 1.165) is 18.7 Å². The van der Waals surface area contributed by atoms with Gasteiger partial charge < -0.3 is 15.0 Å². The van der Waals surface area contributed by atoms with Gasteiger partial charge in [-0.25, -0.2) is 0 Å². The molecule has 4 heteroatoms. The van der Waals surface area contributed by atoms with E-state index in [4.69, 9.17) is 4.74 Å². The van der Waals surface area contributed by atoms with Crippen LogP contribution >= 0.6 is 0 Å². The van der Waals surface area contributed by atoms with Crippen molar-refractivity contribution in [3.63, 3.8) is 0 Å². The van der Waals surface area contributed by atoms with Crippen molar-refractivity contribution in [1.82, 2.24) is 10.2 Å². The first kappa shape index (κ1) is 19.6. The average Bonchev–Trinajstić information content (AvgIpc) is 2.72. The van der Waals surface area contributed by atoms with Crippen molar-refractivity contribution in [1.29, 1.82) is 0 Å². The Bertz CT molecular complexity index is 754. The van der Waals surface area contributed by atoms with Gasteiger partial charge in [0.1, 0.15) is 0 Å². The summed E-state index contributed by atoms with van der Waals surface area (Å²) < 4.78 is 5.24. The third kappa shape index (κ3) is 5.18. The van der Waals surface area contributed by atoms with Crippen molar-refractivity contribution < 1.29 is 9.53 Å². The molecule has 0 spiro atoms. The van der Waals surface area contributed by atoms with Crippen molar-refractivity contribution in [3.05, 3.63) is 70.8 Å². The monoisotopic (exact) mass is 366 g/mol. The molecule has 0 saturated carbocycles. The largest absolute Gasteiger partial charge is 0.383 e. The number of carbonyl (C=O) groups is 1. The fraction of sp³-hybridized carbons (Fsp3) is 0.435. The highest BCUT2D eigenvalue weighted by molar-refractivity contribution is 5.94. The second-order valence-corrected chi connectivity index (χ2v) is 7.31. The van der Waals surface area contributed by atoms with E-state index >= 15 is 0 Å². The molecule has 1 heterocycles. The van der Waals surface area contributed by atoms with Crippen LogP contribution < -0.4 is 5.32 Å². The third-order valence-electron chi connectivity index (χ3n) is 5.38. The van der Waals surface area contributed by atoms with Crippen LogP contribution in [-0.4, -0.2) is 44.2 Å². The van der Waals surface area contributed by atoms with Gasteiger partial charge in [-0.15, -0.1) is 0 Å². The smallest absolute Gasteiger partial charge is 0.254 e. The van der Waals surface area contributed by atoms with Crippen LogP contribution in [0.1, 0.15) is 45.8 Å². The number of carbonyl (C=O) groups excluding carboxylic acids is 1. The highest BCUT2D eigenvalue weighted by Crippen LogP contribution is 2.24. The maximum atomic E-state index is 13.3. The van der Waals surface area contributed by atoms with Crippen LogP contribution in [-0.2, 0) is 11.3 Å². The maximum absolute atomic E-state index is 13.3. The summed E-state index contributed by atoms with van der Waals surface area (Å²) in [4.78, 5) is 15.1. The first-order valence-electron chi connectivity index (χ1n) is 9.82. The molecule has 3 rings (SSSR count). The highest BCUT2D eigenvalue weighted by atomic mass is 16.5. The number of hydrogen-bond donors (Lipinski definition) is 1. The molecule has 27 heavy (non-hydrogen) atoms. The number of aryl methyl sites for hydroxylation is 1. The Morgan fingerprint density at radius 3 is 2.81 bits per heavy atom. The van der Waals surface area contributed by atoms with Gasteiger partial charge in [0.05, 0.1) is 6.61 Å². The molecule has 2 aromatic carbocycles. The fourth-order valence-electron chi connectivity index (χ4n) is 3.69. The number of rotatable bonds is 7. The summed E-state index contributed by atoms with van der Waals surface area (Å²) in [5, 5.41) is 3.46. The molecule has 1 fully saturated rings. The summed E-state index contributed by atoms with van der Waals surface area (Å²) in [7, 11) is 1.67. The molecular formula is C23H30N2O2. The first-order chi connectivity index (χ1) is 13.2. The van der Waals surface area contributed by atoms with E-state index in [-0.39, 0.29) is 5.91 Å². The standard InChI is InChI=1S/C23H30N2O2/c1-18-7-3-4-8-22(18)17-25(13-14-27-2)23(26)20-10-5-9-19(15-20)21-11-6-12-24-16-21/h3-5,7-10,15,21,24H,6,11-14,16-17H2,1-2H3/t21-/m1/s1. The van der Waals surface area contributed by atoms with Crippen molar-refractivity contribution >= 4 is 5.91 Å². The quantitative estimate of drug-likeness (QED) is 0.811. The molecule has 1 atom stereocenters. The zero-order chi connectivity index (χ0) is 19.1. The minimum absolute atomic E-state index is 0.0703. The van der Waals surface area contributed by atoms with Gasteiger partial charge in [0.25, 0.3) is 5.91 Å². The van der Waals surface area contributed by atoms with E-state index < -0.39 is 0 Å². The molecule has 0 bridgehead atoms. The Morgan fingerprint density at radius 2 is 2.07 bits per heavy atom. The van der Waals surface area contributed by atoms with Gasteiger partial charge in [-0.3, -0.25) is 4.79 Å². The van der Waals surface area contributed by atoms with Crippen molar-refractivity contribution in [2.45, 2.75) is 32.2 Å². The van der Waals surface area contributed by atoms with E-state index in [2.05, 4.69) is 36.5 Å². The van der Waals surface area contributed by atoms with Gasteiger partial charge >= 0.3 is 0 Å². The molecule has 0 aliphatic carbocycles. The van der Waals surface area contributed by atoms with Gasteiger partial charge in [0, 0.05) is 32.3 Å². The second-order valence-electron chi connectivity index (χ2n) is 7.31. The number of ether oxygens (including phenoxy) is 1. The molecule has 1 aliphatic rings. The predicted molar refractivity (Wildman–Crippen MR) is 109 cm³/mol. The molecule has 0 aromatic heterocycles. The van der Waals surface area contributed by atoms with E-state index in [9.17, 15) is 4.79 Å². The number of hydrogen-bond acceptors (Lipinski definition) is 3. The zero-order valence-electron chi connectivity index (χ0n) is 16.4. The van der Waals surface area contributed by atoms with Crippen LogP contribution in [0.4, 0.5) is 0 Å². The predicted octanol–water partition coefficient (Wildman–Crippen LogP) is 3.75. The summed E-state index contributed by atoms with van der Waals surface area (Å²) >= 11 is 0. The van der Waals surface area contributed by atoms with Gasteiger partial charge in [-0.1, -0.05) is 36.4 Å². The topological polar surface area (TPSA) is 41.6 Å². The van der Waals surface area contributed by atoms with Crippen LogP contribution in [0.3, 0.4) is 0 Å². The fourth-order valence-corrected chi connectivity index (χ4v) is 3.69. The molecule has 144 valence electrons. The van der Waals surface area contributed by atoms with Crippen molar-refractivity contribution in [3.8, 4) is 0 Å². The van der Waals surface area contributed by atoms with Gasteiger partial charge in [-0.05, 0) is 61.1 Å². The van der Waals surface area contributed by atoms with Crippen LogP contribution in [0.2, 0.25) is 0 Å². The van der Waals surface area contributed by atoms with E-state index in [1.807, 2.05) is 29.2 Å². The van der Waals surface area contributed by atoms with Crippen molar-refractivity contribution in [2.75, 3.05) is 33.4 Å². The number of amides is 1. The summed E-state index contributed by atoms with van der Waals surface area (Å²) in [6.45, 7) is 5.89. The molecule has 1 N–H and O–H groups in total. The summed E-state index contributed by atoms with van der Waals surface area (Å²) in [6.07, 6.45) is 2.37. The number of nitrogens with one attached hydrogen (secondary N) is 1. The lowest BCUT2D eigenvalue weighted by Crippen LogP contribution is -2.34. The molecule has 2 aromatic rings. The number of benzene rings is 2. The summed E-state index contributed by atoms with van der Waals surface area (Å²) in [6, 6.07) is 16.4. The molecular weight excluding hydrogens is 336 g/mol. The SMILES string of the molecule is COCCN(Cc1ccccc1C)C(=O)c1cccc([C@@H]2CCCNC2)c1. The molecule has 0 radical (unpaired) electrons. The molecule has 4 nitrogen and oxygen atoms in total. The lowest BCUT2D eigenvalue weighted by molar-refractivity contribution is 0.0680. The zero-order valence-corrected chi connectivity index (χ0v) is 16.4. The Balaban J connectivity index is 1.79. The average molecular weight is 367 g/mol. The van der Waals surface area contributed by atoms with Gasteiger partial charge in [-0.2, -0.15) is 0 Å². The molecule has 1 aliphatic heterocycles. The van der Waals surface area contributed by atoms with Crippen LogP contribution in [0.15, 0.2) is 48.5 Å². The molecule has 1 amide bonds. The lowest BCUT2D eigenvalue weighted by atomic mass is 9.90. The minimum Gasteiger partial charge on any atom is -0.383 e. The number of nitrogens with zero attached hydrogens (tertiary/aromatic N) is 1. The Labute approximate surface area is 162 Å². The van der Waals surface area contributed by atoms with E-state index in [1.165, 1.54) is 29.5 Å². The Morgan fingerprint density at radius 1 is 1.22 bits per heavy atom. The lowest BCUT2D eigenvalue weighted by Gasteiger charge is -2.25.